The number of nitrogens with zero attached hydrogens (tertiary/aromatic N) is 1. The van der Waals surface area contributed by atoms with Crippen LogP contribution in [-0.2, 0) is 16.0 Å². The van der Waals surface area contributed by atoms with E-state index < -0.39 is 10.9 Å². The van der Waals surface area contributed by atoms with Crippen molar-refractivity contribution in [3.8, 4) is 12.3 Å². The molecule has 17 heavy (non-hydrogen) atoms. The molecule has 0 aliphatic heterocycles. The van der Waals surface area contributed by atoms with E-state index in [9.17, 15) is 14.9 Å². The van der Waals surface area contributed by atoms with Gasteiger partial charge in [0, 0.05) is 18.1 Å². The Kier molecular flexibility index (Phi) is 4.70. The van der Waals surface area contributed by atoms with E-state index in [1.165, 1.54) is 12.1 Å². The number of hydrogen-bond acceptors (Lipinski definition) is 4. The maximum atomic E-state index is 11.3. The molecule has 5 heteroatoms. The third kappa shape index (κ3) is 3.95. The molecule has 0 heterocycles. The van der Waals surface area contributed by atoms with Crippen LogP contribution in [0.25, 0.3) is 0 Å². The Morgan fingerprint density at radius 3 is 2.82 bits per heavy atom. The zero-order valence-corrected chi connectivity index (χ0v) is 9.09. The molecule has 0 atom stereocenters. The van der Waals surface area contributed by atoms with Gasteiger partial charge in [0.05, 0.1) is 11.3 Å². The second kappa shape index (κ2) is 6.28. The molecular weight excluding hydrogens is 222 g/mol. The quantitative estimate of drug-likeness (QED) is 0.255. The van der Waals surface area contributed by atoms with E-state index >= 15 is 0 Å². The summed E-state index contributed by atoms with van der Waals surface area (Å²) in [7, 11) is 0. The van der Waals surface area contributed by atoms with Crippen molar-refractivity contribution in [2.24, 2.45) is 0 Å². The van der Waals surface area contributed by atoms with Gasteiger partial charge in [-0.05, 0) is 0 Å². The zero-order valence-electron chi connectivity index (χ0n) is 9.09. The predicted octanol–water partition coefficient (Wildman–Crippen LogP) is 1.70. The molecule has 0 saturated carbocycles. The fourth-order valence-electron chi connectivity index (χ4n) is 1.27. The van der Waals surface area contributed by atoms with Crippen molar-refractivity contribution in [3.63, 3.8) is 0 Å². The van der Waals surface area contributed by atoms with Crippen molar-refractivity contribution < 1.29 is 14.5 Å². The lowest BCUT2D eigenvalue weighted by Crippen LogP contribution is -2.10. The highest BCUT2D eigenvalue weighted by atomic mass is 16.6. The number of nitro benzene ring substituents is 1. The second-order valence-corrected chi connectivity index (χ2v) is 3.24. The minimum absolute atomic E-state index is 0.0820. The number of nitro groups is 1. The lowest BCUT2D eigenvalue weighted by Gasteiger charge is -2.03. The van der Waals surface area contributed by atoms with Crippen LogP contribution in [0.15, 0.2) is 24.3 Å². The molecule has 0 aliphatic carbocycles. The molecule has 5 nitrogen and oxygen atoms in total. The molecule has 1 rings (SSSR count). The van der Waals surface area contributed by atoms with E-state index in [1.54, 1.807) is 12.1 Å². The van der Waals surface area contributed by atoms with Gasteiger partial charge in [0.25, 0.3) is 5.69 Å². The number of esters is 1. The van der Waals surface area contributed by atoms with Crippen LogP contribution in [0.5, 0.6) is 0 Å². The summed E-state index contributed by atoms with van der Waals surface area (Å²) in [6, 6.07) is 6.06. The first kappa shape index (κ1) is 12.7. The average Bonchev–Trinajstić information content (AvgIpc) is 2.29. The van der Waals surface area contributed by atoms with Crippen LogP contribution in [0.4, 0.5) is 5.69 Å². The molecule has 0 amide bonds. The molecule has 0 unspecified atom stereocenters. The van der Waals surface area contributed by atoms with E-state index in [1.807, 2.05) is 0 Å². The van der Waals surface area contributed by atoms with Crippen LogP contribution in [0.3, 0.4) is 0 Å². The molecule has 1 aromatic rings. The summed E-state index contributed by atoms with van der Waals surface area (Å²) in [6.45, 7) is 0.135. The number of ether oxygens (including phenoxy) is 1. The van der Waals surface area contributed by atoms with Crippen LogP contribution < -0.4 is 0 Å². The van der Waals surface area contributed by atoms with Crippen molar-refractivity contribution in [1.82, 2.24) is 0 Å². The van der Waals surface area contributed by atoms with Crippen LogP contribution in [0.1, 0.15) is 12.0 Å². The van der Waals surface area contributed by atoms with Gasteiger partial charge >= 0.3 is 5.97 Å². The molecule has 0 saturated heterocycles. The Hall–Kier alpha value is -2.35. The lowest BCUT2D eigenvalue weighted by atomic mass is 10.1. The number of terminal acetylenes is 1. The molecule has 88 valence electrons. The van der Waals surface area contributed by atoms with Gasteiger partial charge in [-0.3, -0.25) is 14.9 Å². The number of para-hydroxylation sites is 1. The summed E-state index contributed by atoms with van der Waals surface area (Å²) in [5.74, 6) is 1.81. The van der Waals surface area contributed by atoms with E-state index in [0.717, 1.165) is 0 Å². The van der Waals surface area contributed by atoms with Gasteiger partial charge in [-0.25, -0.2) is 0 Å². The molecule has 0 fully saturated rings. The molecule has 1 aromatic carbocycles. The third-order valence-electron chi connectivity index (χ3n) is 2.03. The van der Waals surface area contributed by atoms with Crippen LogP contribution in [0.2, 0.25) is 0 Å². The maximum Gasteiger partial charge on any atom is 0.310 e. The maximum absolute atomic E-state index is 11.3. The van der Waals surface area contributed by atoms with Crippen molar-refractivity contribution in [2.75, 3.05) is 6.61 Å². The first-order chi connectivity index (χ1) is 8.15. The Bertz CT molecular complexity index is 462. The summed E-state index contributed by atoms with van der Waals surface area (Å²) in [6.07, 6.45) is 5.21. The number of hydrogen-bond donors (Lipinski definition) is 0. The summed E-state index contributed by atoms with van der Waals surface area (Å²) >= 11 is 0. The Labute approximate surface area is 98.5 Å². The number of carbonyl (C=O) groups is 1. The lowest BCUT2D eigenvalue weighted by molar-refractivity contribution is -0.385. The highest BCUT2D eigenvalue weighted by Crippen LogP contribution is 2.18. The molecule has 0 radical (unpaired) electrons. The molecule has 0 aromatic heterocycles. The SMILES string of the molecule is C#CCCOC(=O)Cc1ccccc1[N+](=O)[O-]. The molecule has 0 spiro atoms. The third-order valence-corrected chi connectivity index (χ3v) is 2.03. The van der Waals surface area contributed by atoms with E-state index in [4.69, 9.17) is 11.2 Å². The van der Waals surface area contributed by atoms with Crippen LogP contribution in [-0.4, -0.2) is 17.5 Å². The largest absolute Gasteiger partial charge is 0.464 e. The van der Waals surface area contributed by atoms with E-state index in [0.29, 0.717) is 12.0 Å². The van der Waals surface area contributed by atoms with Gasteiger partial charge < -0.3 is 4.74 Å². The Morgan fingerprint density at radius 1 is 1.47 bits per heavy atom. The van der Waals surface area contributed by atoms with Crippen molar-refractivity contribution >= 4 is 11.7 Å². The fourth-order valence-corrected chi connectivity index (χ4v) is 1.27. The monoisotopic (exact) mass is 233 g/mol. The summed E-state index contributed by atoms with van der Waals surface area (Å²) < 4.78 is 4.82. The topological polar surface area (TPSA) is 69.4 Å². The summed E-state index contributed by atoms with van der Waals surface area (Å²) in [5, 5.41) is 10.7. The van der Waals surface area contributed by atoms with Gasteiger partial charge in [0.1, 0.15) is 6.61 Å². The Morgan fingerprint density at radius 2 is 2.18 bits per heavy atom. The highest BCUT2D eigenvalue weighted by Gasteiger charge is 2.15. The van der Waals surface area contributed by atoms with Gasteiger partial charge in [0.15, 0.2) is 0 Å². The predicted molar refractivity (Wildman–Crippen MR) is 61.2 cm³/mol. The number of benzene rings is 1. The normalized spacial score (nSPS) is 9.35. The molecule has 0 N–H and O–H groups in total. The average molecular weight is 233 g/mol. The minimum atomic E-state index is -0.524. The highest BCUT2D eigenvalue weighted by molar-refractivity contribution is 5.74. The fraction of sp³-hybridized carbons (Fsp3) is 0.250. The number of rotatable bonds is 5. The minimum Gasteiger partial charge on any atom is -0.464 e. The first-order valence-electron chi connectivity index (χ1n) is 4.96. The first-order valence-corrected chi connectivity index (χ1v) is 4.96. The number of carbonyl (C=O) groups excluding carboxylic acids is 1. The molecule has 0 bridgehead atoms. The Balaban J connectivity index is 2.65. The zero-order chi connectivity index (χ0) is 12.7. The smallest absolute Gasteiger partial charge is 0.310 e. The van der Waals surface area contributed by atoms with Gasteiger partial charge in [-0.2, -0.15) is 0 Å². The summed E-state index contributed by atoms with van der Waals surface area (Å²) in [5.41, 5.74) is 0.254. The van der Waals surface area contributed by atoms with Gasteiger partial charge in [-0.1, -0.05) is 18.2 Å². The standard InChI is InChI=1S/C12H11NO4/c1-2-3-8-17-12(14)9-10-6-4-5-7-11(10)13(15)16/h1,4-7H,3,8-9H2. The van der Waals surface area contributed by atoms with Crippen molar-refractivity contribution in [2.45, 2.75) is 12.8 Å². The van der Waals surface area contributed by atoms with Crippen LogP contribution >= 0.6 is 0 Å². The molecular formula is C12H11NO4. The van der Waals surface area contributed by atoms with Crippen molar-refractivity contribution in [1.29, 1.82) is 0 Å². The van der Waals surface area contributed by atoms with Gasteiger partial charge in [-0.15, -0.1) is 12.3 Å². The van der Waals surface area contributed by atoms with Crippen LogP contribution in [0, 0.1) is 22.5 Å². The molecule has 0 aliphatic rings. The summed E-state index contributed by atoms with van der Waals surface area (Å²) in [4.78, 5) is 21.5. The van der Waals surface area contributed by atoms with E-state index in [-0.39, 0.29) is 18.7 Å². The van der Waals surface area contributed by atoms with E-state index in [2.05, 4.69) is 5.92 Å². The van der Waals surface area contributed by atoms with Gasteiger partial charge in [0.2, 0.25) is 0 Å². The van der Waals surface area contributed by atoms with Crippen molar-refractivity contribution in [3.05, 3.63) is 39.9 Å². The second-order valence-electron chi connectivity index (χ2n) is 3.24.